The quantitative estimate of drug-likeness (QED) is 0.732. The van der Waals surface area contributed by atoms with Gasteiger partial charge >= 0.3 is 5.97 Å². The molecule has 0 bridgehead atoms. The molecule has 6 nitrogen and oxygen atoms in total. The number of aromatic carboxylic acids is 1. The van der Waals surface area contributed by atoms with Gasteiger partial charge in [-0.2, -0.15) is 0 Å². The van der Waals surface area contributed by atoms with Crippen LogP contribution >= 0.6 is 0 Å². The topological polar surface area (TPSA) is 91.4 Å². The van der Waals surface area contributed by atoms with Crippen molar-refractivity contribution in [2.24, 2.45) is 5.92 Å². The van der Waals surface area contributed by atoms with Crippen molar-refractivity contribution in [2.75, 3.05) is 6.61 Å². The highest BCUT2D eigenvalue weighted by Crippen LogP contribution is 2.27. The molecule has 23 heavy (non-hydrogen) atoms. The van der Waals surface area contributed by atoms with E-state index in [-0.39, 0.29) is 18.1 Å². The lowest BCUT2D eigenvalue weighted by Crippen LogP contribution is -2.22. The number of nitrogens with one attached hydrogen (secondary N) is 2. The summed E-state index contributed by atoms with van der Waals surface area (Å²) in [6.07, 6.45) is 0.355. The normalized spacial score (nSPS) is 11.0. The molecule has 2 rings (SSSR count). The number of benzene rings is 1. The Morgan fingerprint density at radius 1 is 1.35 bits per heavy atom. The van der Waals surface area contributed by atoms with Crippen LogP contribution in [0.15, 0.2) is 18.2 Å². The van der Waals surface area contributed by atoms with Crippen molar-refractivity contribution in [1.82, 2.24) is 10.3 Å². The molecule has 0 aliphatic rings. The average molecular weight is 318 g/mol. The number of aromatic nitrogens is 1. The van der Waals surface area contributed by atoms with Crippen LogP contribution in [-0.4, -0.2) is 28.6 Å². The molecule has 0 saturated carbocycles. The predicted octanol–water partition coefficient (Wildman–Crippen LogP) is 2.93. The van der Waals surface area contributed by atoms with Gasteiger partial charge in [-0.05, 0) is 24.1 Å². The van der Waals surface area contributed by atoms with E-state index in [2.05, 4.69) is 24.1 Å². The first kappa shape index (κ1) is 16.9. The number of hydrogen-bond donors (Lipinski definition) is 3. The molecule has 0 aliphatic heterocycles. The minimum absolute atomic E-state index is 0.0948. The maximum atomic E-state index is 11.5. The number of fused-ring (bicyclic) bond motifs is 1. The summed E-state index contributed by atoms with van der Waals surface area (Å²) in [5.74, 6) is -0.0884. The molecular weight excluding hydrogens is 296 g/mol. The standard InChI is InChI=1S/C17H22N2O4/c1-4-15(20)18-8-13-12-7-11(23-9-10(2)3)5-6-14(12)19-16(13)17(21)22/h5-7,10,19H,4,8-9H2,1-3H3,(H,18,20)(H,21,22). The van der Waals surface area contributed by atoms with Crippen molar-refractivity contribution in [3.05, 3.63) is 29.5 Å². The number of H-pyrrole nitrogens is 1. The molecule has 0 radical (unpaired) electrons. The smallest absolute Gasteiger partial charge is 0.352 e. The summed E-state index contributed by atoms with van der Waals surface area (Å²) in [4.78, 5) is 25.8. The van der Waals surface area contributed by atoms with E-state index >= 15 is 0 Å². The molecule has 2 aromatic rings. The Balaban J connectivity index is 2.38. The molecular formula is C17H22N2O4. The van der Waals surface area contributed by atoms with Crippen molar-refractivity contribution in [2.45, 2.75) is 33.7 Å². The zero-order valence-electron chi connectivity index (χ0n) is 13.6. The van der Waals surface area contributed by atoms with Gasteiger partial charge in [-0.15, -0.1) is 0 Å². The molecule has 6 heteroatoms. The lowest BCUT2D eigenvalue weighted by Gasteiger charge is -2.09. The van der Waals surface area contributed by atoms with Crippen LogP contribution < -0.4 is 10.1 Å². The second kappa shape index (κ2) is 7.17. The van der Waals surface area contributed by atoms with Gasteiger partial charge in [0.25, 0.3) is 0 Å². The van der Waals surface area contributed by atoms with Crippen molar-refractivity contribution in [1.29, 1.82) is 0 Å². The maximum absolute atomic E-state index is 11.5. The SMILES string of the molecule is CCC(=O)NCc1c(C(=O)O)[nH]c2ccc(OCC(C)C)cc12. The van der Waals surface area contributed by atoms with Crippen LogP contribution in [0, 0.1) is 5.92 Å². The molecule has 0 aliphatic carbocycles. The van der Waals surface area contributed by atoms with E-state index in [0.717, 1.165) is 5.39 Å². The number of carbonyl (C=O) groups excluding carboxylic acids is 1. The van der Waals surface area contributed by atoms with E-state index in [1.54, 1.807) is 19.1 Å². The summed E-state index contributed by atoms with van der Waals surface area (Å²) in [6.45, 7) is 6.62. The fourth-order valence-electron chi connectivity index (χ4n) is 2.26. The third kappa shape index (κ3) is 4.03. The van der Waals surface area contributed by atoms with E-state index in [9.17, 15) is 14.7 Å². The van der Waals surface area contributed by atoms with Gasteiger partial charge in [0.05, 0.1) is 6.61 Å². The molecule has 0 spiro atoms. The molecule has 0 saturated heterocycles. The number of carboxylic acids is 1. The van der Waals surface area contributed by atoms with Crippen LogP contribution in [0.5, 0.6) is 5.75 Å². The van der Waals surface area contributed by atoms with Crippen LogP contribution in [0.1, 0.15) is 43.2 Å². The Morgan fingerprint density at radius 2 is 2.09 bits per heavy atom. The van der Waals surface area contributed by atoms with Crippen LogP contribution in [0.3, 0.4) is 0 Å². The Kier molecular flexibility index (Phi) is 5.26. The fraction of sp³-hybridized carbons (Fsp3) is 0.412. The maximum Gasteiger partial charge on any atom is 0.352 e. The summed E-state index contributed by atoms with van der Waals surface area (Å²) < 4.78 is 5.70. The number of ether oxygens (including phenoxy) is 1. The number of carbonyl (C=O) groups is 2. The Morgan fingerprint density at radius 3 is 2.70 bits per heavy atom. The summed E-state index contributed by atoms with van der Waals surface area (Å²) in [5, 5.41) is 12.8. The van der Waals surface area contributed by atoms with Crippen molar-refractivity contribution in [3.8, 4) is 5.75 Å². The number of rotatable bonds is 7. The summed E-state index contributed by atoms with van der Waals surface area (Å²) >= 11 is 0. The van der Waals surface area contributed by atoms with Gasteiger partial charge < -0.3 is 20.1 Å². The summed E-state index contributed by atoms with van der Waals surface area (Å²) in [7, 11) is 0. The third-order valence-corrected chi connectivity index (χ3v) is 3.46. The van der Waals surface area contributed by atoms with Gasteiger partial charge in [-0.3, -0.25) is 4.79 Å². The van der Waals surface area contributed by atoms with Gasteiger partial charge in [-0.1, -0.05) is 20.8 Å². The molecule has 0 atom stereocenters. The third-order valence-electron chi connectivity index (χ3n) is 3.46. The predicted molar refractivity (Wildman–Crippen MR) is 87.7 cm³/mol. The van der Waals surface area contributed by atoms with Gasteiger partial charge in [-0.25, -0.2) is 4.79 Å². The van der Waals surface area contributed by atoms with Crippen molar-refractivity contribution < 1.29 is 19.4 Å². The fourth-order valence-corrected chi connectivity index (χ4v) is 2.26. The lowest BCUT2D eigenvalue weighted by atomic mass is 10.1. The first-order valence-electron chi connectivity index (χ1n) is 7.69. The lowest BCUT2D eigenvalue weighted by molar-refractivity contribution is -0.120. The molecule has 1 amide bonds. The van der Waals surface area contributed by atoms with E-state index in [1.807, 2.05) is 6.07 Å². The van der Waals surface area contributed by atoms with Crippen LogP contribution in [-0.2, 0) is 11.3 Å². The molecule has 1 heterocycles. The largest absolute Gasteiger partial charge is 0.493 e. The number of hydrogen-bond acceptors (Lipinski definition) is 3. The zero-order chi connectivity index (χ0) is 17.0. The monoisotopic (exact) mass is 318 g/mol. The van der Waals surface area contributed by atoms with Gasteiger partial charge in [0.1, 0.15) is 11.4 Å². The van der Waals surface area contributed by atoms with E-state index in [4.69, 9.17) is 4.74 Å². The van der Waals surface area contributed by atoms with Gasteiger partial charge in [0.15, 0.2) is 0 Å². The Hall–Kier alpha value is -2.50. The van der Waals surface area contributed by atoms with Crippen LogP contribution in [0.2, 0.25) is 0 Å². The van der Waals surface area contributed by atoms with Gasteiger partial charge in [0.2, 0.25) is 5.91 Å². The first-order chi connectivity index (χ1) is 10.9. The number of amides is 1. The average Bonchev–Trinajstić information content (AvgIpc) is 2.88. The highest BCUT2D eigenvalue weighted by atomic mass is 16.5. The highest BCUT2D eigenvalue weighted by molar-refractivity contribution is 5.98. The second-order valence-corrected chi connectivity index (χ2v) is 5.83. The molecule has 1 aromatic carbocycles. The van der Waals surface area contributed by atoms with Crippen LogP contribution in [0.25, 0.3) is 10.9 Å². The summed E-state index contributed by atoms with van der Waals surface area (Å²) in [6, 6.07) is 5.41. The molecule has 124 valence electrons. The van der Waals surface area contributed by atoms with E-state index in [1.165, 1.54) is 0 Å². The van der Waals surface area contributed by atoms with Crippen LogP contribution in [0.4, 0.5) is 0 Å². The van der Waals surface area contributed by atoms with E-state index in [0.29, 0.717) is 35.8 Å². The Labute approximate surface area is 134 Å². The number of aromatic amines is 1. The van der Waals surface area contributed by atoms with E-state index < -0.39 is 5.97 Å². The molecule has 0 fully saturated rings. The minimum atomic E-state index is -1.05. The van der Waals surface area contributed by atoms with Crippen molar-refractivity contribution >= 4 is 22.8 Å². The highest BCUT2D eigenvalue weighted by Gasteiger charge is 2.18. The Bertz CT molecular complexity index is 719. The van der Waals surface area contributed by atoms with Crippen molar-refractivity contribution in [3.63, 3.8) is 0 Å². The molecule has 1 aromatic heterocycles. The second-order valence-electron chi connectivity index (χ2n) is 5.83. The molecule has 3 N–H and O–H groups in total. The molecule has 0 unspecified atom stereocenters. The first-order valence-corrected chi connectivity index (χ1v) is 7.69. The summed E-state index contributed by atoms with van der Waals surface area (Å²) in [5.41, 5.74) is 1.36. The zero-order valence-corrected chi connectivity index (χ0v) is 13.6. The number of carboxylic acid groups (broad SMARTS) is 1. The van der Waals surface area contributed by atoms with Gasteiger partial charge in [0, 0.05) is 29.4 Å². The minimum Gasteiger partial charge on any atom is -0.493 e.